The number of rotatable bonds is 6. The molecule has 0 fully saturated rings. The highest BCUT2D eigenvalue weighted by molar-refractivity contribution is 6.00. The third-order valence-corrected chi connectivity index (χ3v) is 11.9. The molecule has 2 aliphatic rings. The summed E-state index contributed by atoms with van der Waals surface area (Å²) < 4.78 is 12.2. The summed E-state index contributed by atoms with van der Waals surface area (Å²) in [7, 11) is 3.40. The van der Waals surface area contributed by atoms with Crippen LogP contribution in [0.3, 0.4) is 0 Å². The Kier molecular flexibility index (Phi) is 18.4. The minimum atomic E-state index is -0.636. The van der Waals surface area contributed by atoms with Gasteiger partial charge in [-0.25, -0.2) is 0 Å². The molecule has 0 bridgehead atoms. The fourth-order valence-electron chi connectivity index (χ4n) is 7.79. The number of para-hydroxylation sites is 2. The van der Waals surface area contributed by atoms with E-state index < -0.39 is 12.1 Å². The predicted octanol–water partition coefficient (Wildman–Crippen LogP) is 9.26. The van der Waals surface area contributed by atoms with Crippen molar-refractivity contribution < 1.29 is 28.7 Å². The maximum absolute atomic E-state index is 13.5. The molecule has 0 saturated heterocycles. The molecule has 0 saturated carbocycles. The van der Waals surface area contributed by atoms with Gasteiger partial charge in [0.15, 0.2) is 0 Å². The van der Waals surface area contributed by atoms with Crippen LogP contribution in [-0.2, 0) is 22.4 Å². The highest BCUT2D eigenvalue weighted by atomic mass is 16.5. The summed E-state index contributed by atoms with van der Waals surface area (Å²) in [6.45, 7) is 12.4. The average molecular weight is 869 g/mol. The van der Waals surface area contributed by atoms with Crippen molar-refractivity contribution in [3.05, 3.63) is 156 Å². The van der Waals surface area contributed by atoms with Crippen LogP contribution in [0.2, 0.25) is 0 Å². The van der Waals surface area contributed by atoms with Gasteiger partial charge < -0.3 is 29.9 Å². The van der Waals surface area contributed by atoms with E-state index in [2.05, 4.69) is 62.6 Å². The van der Waals surface area contributed by atoms with Crippen LogP contribution in [0, 0.1) is 11.8 Å². The van der Waals surface area contributed by atoms with Gasteiger partial charge in [-0.05, 0) is 73.9 Å². The van der Waals surface area contributed by atoms with Crippen molar-refractivity contribution in [3.63, 3.8) is 0 Å². The molecule has 10 nitrogen and oxygen atoms in total. The minimum Gasteiger partial charge on any atom is -0.490 e. The van der Waals surface area contributed by atoms with Crippen molar-refractivity contribution in [2.24, 2.45) is 11.8 Å². The molecule has 4 aromatic carbocycles. The number of carbonyl (C=O) groups excluding carboxylic acids is 4. The van der Waals surface area contributed by atoms with Gasteiger partial charge in [-0.15, -0.1) is 0 Å². The van der Waals surface area contributed by atoms with E-state index in [4.69, 9.17) is 9.47 Å². The molecule has 6 rings (SSSR count). The van der Waals surface area contributed by atoms with Crippen LogP contribution < -0.4 is 20.1 Å². The van der Waals surface area contributed by atoms with Gasteiger partial charge in [0.1, 0.15) is 23.6 Å². The summed E-state index contributed by atoms with van der Waals surface area (Å²) in [5.74, 6) is 0.896. The maximum Gasteiger partial charge on any atom is 0.258 e. The zero-order valence-corrected chi connectivity index (χ0v) is 38.9. The summed E-state index contributed by atoms with van der Waals surface area (Å²) in [5, 5.41) is 6.42. The van der Waals surface area contributed by atoms with Gasteiger partial charge in [0.05, 0.1) is 23.3 Å². The number of hydrogen-bond donors (Lipinski definition) is 2. The normalized spacial score (nSPS) is 23.7. The Hall–Kier alpha value is -6.16. The smallest absolute Gasteiger partial charge is 0.258 e. The van der Waals surface area contributed by atoms with Crippen LogP contribution >= 0.6 is 0 Å². The molecular formula is C54H68N4O6. The van der Waals surface area contributed by atoms with E-state index in [1.165, 1.54) is 0 Å². The first kappa shape index (κ1) is 48.9. The van der Waals surface area contributed by atoms with Crippen molar-refractivity contribution in [1.29, 1.82) is 0 Å². The van der Waals surface area contributed by atoms with Crippen molar-refractivity contribution in [2.75, 3.05) is 14.1 Å². The Bertz CT molecular complexity index is 2030. The molecule has 0 aromatic heterocycles. The van der Waals surface area contributed by atoms with E-state index in [0.29, 0.717) is 35.5 Å². The van der Waals surface area contributed by atoms with Crippen LogP contribution in [0.25, 0.3) is 0 Å². The molecule has 2 aliphatic heterocycles. The third-order valence-electron chi connectivity index (χ3n) is 11.9. The Labute approximate surface area is 381 Å². The number of likely N-dealkylation sites (N-methyl/N-ethyl adjacent to an activating group) is 2. The van der Waals surface area contributed by atoms with Gasteiger partial charge in [0, 0.05) is 51.9 Å². The van der Waals surface area contributed by atoms with Gasteiger partial charge in [0.25, 0.3) is 11.8 Å². The Balaban J connectivity index is 0.000000241. The lowest BCUT2D eigenvalue weighted by Crippen LogP contribution is -2.52. The summed E-state index contributed by atoms with van der Waals surface area (Å²) in [6, 6.07) is 32.9. The summed E-state index contributed by atoms with van der Waals surface area (Å²) in [5.41, 5.74) is 2.95. The Morgan fingerprint density at radius 1 is 0.500 bits per heavy atom. The molecule has 0 spiro atoms. The standard InChI is InChI=1S/2C27H34N2O3/c2*1-19(2)23-16-10-8-12-20(3)32-25-17-11-9-15-22(25)27(31)29(4)24(26(30)28-23)18-21-13-6-5-7-14-21/h2*5-11,13-15,17,19-20,23-24H,12,16,18H2,1-4H3,(H,28,30)/b10-8+;10-8-/t2*20-,23+,24-/m00/s1. The van der Waals surface area contributed by atoms with E-state index in [0.717, 1.165) is 36.8 Å². The minimum absolute atomic E-state index is 0.00743. The fourth-order valence-corrected chi connectivity index (χ4v) is 7.79. The molecule has 0 radical (unpaired) electrons. The molecular weight excluding hydrogens is 801 g/mol. The highest BCUT2D eigenvalue weighted by Gasteiger charge is 2.33. The van der Waals surface area contributed by atoms with Crippen LogP contribution in [0.1, 0.15) is 99.1 Å². The molecule has 0 unspecified atom stereocenters. The number of nitrogens with zero attached hydrogens (tertiary/aromatic N) is 2. The summed E-state index contributed by atoms with van der Waals surface area (Å²) in [6.07, 6.45) is 12.1. The summed E-state index contributed by atoms with van der Waals surface area (Å²) in [4.78, 5) is 57.1. The predicted molar refractivity (Wildman–Crippen MR) is 255 cm³/mol. The number of nitrogens with one attached hydrogen (secondary N) is 2. The highest BCUT2D eigenvalue weighted by Crippen LogP contribution is 2.26. The van der Waals surface area contributed by atoms with Crippen LogP contribution in [0.4, 0.5) is 0 Å². The molecule has 2 heterocycles. The van der Waals surface area contributed by atoms with Crippen LogP contribution in [0.15, 0.2) is 133 Å². The quantitative estimate of drug-likeness (QED) is 0.187. The maximum atomic E-state index is 13.5. The van der Waals surface area contributed by atoms with E-state index in [1.54, 1.807) is 36.0 Å². The van der Waals surface area contributed by atoms with Gasteiger partial charge in [0.2, 0.25) is 11.8 Å². The average Bonchev–Trinajstić information content (AvgIpc) is 3.29. The first-order valence-corrected chi connectivity index (χ1v) is 22.8. The lowest BCUT2D eigenvalue weighted by atomic mass is 9.98. The first-order chi connectivity index (χ1) is 30.7. The zero-order valence-electron chi connectivity index (χ0n) is 38.9. The number of fused-ring (bicyclic) bond motifs is 2. The van der Waals surface area contributed by atoms with Crippen molar-refractivity contribution in [2.45, 2.75) is 116 Å². The lowest BCUT2D eigenvalue weighted by molar-refractivity contribution is -0.127. The zero-order chi connectivity index (χ0) is 46.2. The second-order valence-corrected chi connectivity index (χ2v) is 17.7. The van der Waals surface area contributed by atoms with E-state index >= 15 is 0 Å². The molecule has 0 aliphatic carbocycles. The van der Waals surface area contributed by atoms with Crippen molar-refractivity contribution in [1.82, 2.24) is 20.4 Å². The van der Waals surface area contributed by atoms with Gasteiger partial charge in [-0.2, -0.15) is 0 Å². The number of benzene rings is 4. The summed E-state index contributed by atoms with van der Waals surface area (Å²) >= 11 is 0. The molecule has 4 amide bonds. The number of carbonyl (C=O) groups is 4. The largest absolute Gasteiger partial charge is 0.490 e. The molecule has 340 valence electrons. The number of amides is 4. The van der Waals surface area contributed by atoms with E-state index in [1.807, 2.05) is 111 Å². The molecule has 6 atom stereocenters. The van der Waals surface area contributed by atoms with Crippen LogP contribution in [0.5, 0.6) is 11.5 Å². The second-order valence-electron chi connectivity index (χ2n) is 17.7. The molecule has 10 heteroatoms. The fraction of sp³-hybridized carbons (Fsp3) is 0.407. The van der Waals surface area contributed by atoms with Gasteiger partial charge >= 0.3 is 0 Å². The van der Waals surface area contributed by atoms with E-state index in [-0.39, 0.29) is 59.8 Å². The Morgan fingerprint density at radius 3 is 1.19 bits per heavy atom. The van der Waals surface area contributed by atoms with E-state index in [9.17, 15) is 19.2 Å². The second kappa shape index (κ2) is 24.1. The third kappa shape index (κ3) is 13.9. The SMILES string of the molecule is CC(C)[C@H]1C/C=C/C[C@H](C)Oc2ccccc2C(=O)N(C)[C@@H](Cc2ccccc2)C(=O)N1.CC(C)[C@H]1C/C=C\C[C@H](C)Oc2ccccc2C(=O)N(C)[C@@H](Cc2ccccc2)C(=O)N1. The molecule has 2 N–H and O–H groups in total. The Morgan fingerprint density at radius 2 is 0.828 bits per heavy atom. The monoisotopic (exact) mass is 869 g/mol. The van der Waals surface area contributed by atoms with Gasteiger partial charge in [-0.3, -0.25) is 19.2 Å². The van der Waals surface area contributed by atoms with Crippen molar-refractivity contribution in [3.8, 4) is 11.5 Å². The number of hydrogen-bond acceptors (Lipinski definition) is 6. The topological polar surface area (TPSA) is 117 Å². The van der Waals surface area contributed by atoms with Crippen molar-refractivity contribution >= 4 is 23.6 Å². The van der Waals surface area contributed by atoms with Crippen LogP contribution in [-0.4, -0.2) is 83.9 Å². The number of ether oxygens (including phenoxy) is 2. The lowest BCUT2D eigenvalue weighted by Gasteiger charge is -2.31. The molecule has 4 aromatic rings. The molecule has 64 heavy (non-hydrogen) atoms. The van der Waals surface area contributed by atoms with Gasteiger partial charge in [-0.1, -0.05) is 137 Å². The first-order valence-electron chi connectivity index (χ1n) is 22.8.